The van der Waals surface area contributed by atoms with Crippen molar-refractivity contribution in [1.82, 2.24) is 25.3 Å². The smallest absolute Gasteiger partial charge is 0.422 e. The van der Waals surface area contributed by atoms with Gasteiger partial charge in [0.15, 0.2) is 5.65 Å². The van der Waals surface area contributed by atoms with Crippen molar-refractivity contribution in [2.45, 2.75) is 18.6 Å². The lowest BCUT2D eigenvalue weighted by Gasteiger charge is -2.28. The van der Waals surface area contributed by atoms with Gasteiger partial charge in [-0.3, -0.25) is 0 Å². The van der Waals surface area contributed by atoms with Crippen LogP contribution in [0.15, 0.2) is 12.1 Å². The molecule has 2 rings (SSSR count). The van der Waals surface area contributed by atoms with E-state index in [0.717, 1.165) is 10.7 Å². The number of carbonyl (C=O) groups is 1. The number of hydrogen-bond donors (Lipinski definition) is 2. The number of nitrogens with one attached hydrogen (secondary N) is 1. The molecule has 0 spiro atoms. The molecular formula is C8H7F3N6O2. The van der Waals surface area contributed by atoms with Crippen LogP contribution in [0.1, 0.15) is 6.92 Å². The molecule has 8 nitrogen and oxygen atoms in total. The van der Waals surface area contributed by atoms with Crippen LogP contribution < -0.4 is 5.32 Å². The summed E-state index contributed by atoms with van der Waals surface area (Å²) in [5.41, 5.74) is -2.95. The van der Waals surface area contributed by atoms with Gasteiger partial charge < -0.3 is 10.4 Å². The van der Waals surface area contributed by atoms with E-state index in [-0.39, 0.29) is 11.5 Å². The first-order chi connectivity index (χ1) is 8.74. The Morgan fingerprint density at radius 3 is 2.68 bits per heavy atom. The summed E-state index contributed by atoms with van der Waals surface area (Å²) in [5.74, 6) is -2.39. The lowest BCUT2D eigenvalue weighted by Crippen LogP contribution is -2.55. The van der Waals surface area contributed by atoms with Crippen LogP contribution in [-0.2, 0) is 4.79 Å². The predicted molar refractivity (Wildman–Crippen MR) is 54.3 cm³/mol. The average molecular weight is 276 g/mol. The van der Waals surface area contributed by atoms with Gasteiger partial charge in [-0.1, -0.05) is 0 Å². The van der Waals surface area contributed by atoms with Crippen molar-refractivity contribution in [1.29, 1.82) is 0 Å². The zero-order chi connectivity index (χ0) is 14.3. The number of anilines is 1. The Morgan fingerprint density at radius 1 is 1.42 bits per heavy atom. The van der Waals surface area contributed by atoms with Crippen LogP contribution in [0.4, 0.5) is 19.0 Å². The van der Waals surface area contributed by atoms with Gasteiger partial charge in [0.2, 0.25) is 5.54 Å². The standard InChI is InChI=1S/C8H7F3N6O2/c1-7(6(18)19,8(9,10)11)12-4-2-3-5-13-15-16-17(5)14-4/h2-3H,1H3,(H,12,14)(H,18,19). The number of rotatable bonds is 3. The summed E-state index contributed by atoms with van der Waals surface area (Å²) in [6.45, 7) is 0.501. The molecule has 19 heavy (non-hydrogen) atoms. The maximum Gasteiger partial charge on any atom is 0.422 e. The Labute approximate surface area is 103 Å². The highest BCUT2D eigenvalue weighted by molar-refractivity contribution is 5.83. The number of aliphatic carboxylic acids is 1. The van der Waals surface area contributed by atoms with Gasteiger partial charge in [-0.25, -0.2) is 4.79 Å². The number of nitrogens with zero attached hydrogens (tertiary/aromatic N) is 5. The SMILES string of the molecule is CC(Nc1ccc2nnnn2n1)(C(=O)O)C(F)(F)F. The van der Waals surface area contributed by atoms with E-state index in [4.69, 9.17) is 5.11 Å². The van der Waals surface area contributed by atoms with Gasteiger partial charge in [0.25, 0.3) is 0 Å². The van der Waals surface area contributed by atoms with Gasteiger partial charge in [-0.2, -0.15) is 13.2 Å². The lowest BCUT2D eigenvalue weighted by molar-refractivity contribution is -0.193. The van der Waals surface area contributed by atoms with Crippen LogP contribution in [0.5, 0.6) is 0 Å². The second kappa shape index (κ2) is 4.03. The fourth-order valence-electron chi connectivity index (χ4n) is 1.22. The second-order valence-corrected chi connectivity index (χ2v) is 3.80. The van der Waals surface area contributed by atoms with Crippen LogP contribution >= 0.6 is 0 Å². The van der Waals surface area contributed by atoms with E-state index < -0.39 is 17.7 Å². The molecule has 0 saturated heterocycles. The molecule has 0 radical (unpaired) electrons. The number of fused-ring (bicyclic) bond motifs is 1. The fraction of sp³-hybridized carbons (Fsp3) is 0.375. The zero-order valence-corrected chi connectivity index (χ0v) is 9.38. The molecule has 2 N–H and O–H groups in total. The van der Waals surface area contributed by atoms with Crippen LogP contribution in [0, 0.1) is 0 Å². The monoisotopic (exact) mass is 276 g/mol. The summed E-state index contributed by atoms with van der Waals surface area (Å²) in [5, 5.41) is 24.4. The molecule has 0 amide bonds. The molecule has 2 aromatic heterocycles. The Hall–Kier alpha value is -2.46. The van der Waals surface area contributed by atoms with Crippen LogP contribution in [0.2, 0.25) is 0 Å². The van der Waals surface area contributed by atoms with Gasteiger partial charge in [0.1, 0.15) is 5.82 Å². The topological polar surface area (TPSA) is 105 Å². The number of hydrogen-bond acceptors (Lipinski definition) is 6. The highest BCUT2D eigenvalue weighted by Crippen LogP contribution is 2.33. The molecule has 11 heteroatoms. The van der Waals surface area contributed by atoms with Crippen LogP contribution in [0.25, 0.3) is 5.65 Å². The Morgan fingerprint density at radius 2 is 2.11 bits per heavy atom. The lowest BCUT2D eigenvalue weighted by atomic mass is 10.0. The predicted octanol–water partition coefficient (Wildman–Crippen LogP) is 0.337. The van der Waals surface area contributed by atoms with E-state index in [0.29, 0.717) is 6.92 Å². The van der Waals surface area contributed by atoms with Gasteiger partial charge in [0, 0.05) is 0 Å². The number of alkyl halides is 3. The number of tetrazole rings is 1. The van der Waals surface area contributed by atoms with Crippen LogP contribution in [0.3, 0.4) is 0 Å². The molecule has 1 unspecified atom stereocenters. The summed E-state index contributed by atoms with van der Waals surface area (Å²) in [6, 6.07) is 2.45. The highest BCUT2D eigenvalue weighted by atomic mass is 19.4. The first-order valence-electron chi connectivity index (χ1n) is 4.88. The Balaban J connectivity index is 2.39. The van der Waals surface area contributed by atoms with E-state index in [9.17, 15) is 18.0 Å². The van der Waals surface area contributed by atoms with Gasteiger partial charge in [0.05, 0.1) is 0 Å². The average Bonchev–Trinajstić information content (AvgIpc) is 2.74. The van der Waals surface area contributed by atoms with Crippen molar-refractivity contribution < 1.29 is 23.1 Å². The summed E-state index contributed by atoms with van der Waals surface area (Å²) < 4.78 is 39.2. The molecule has 0 aliphatic rings. The first-order valence-corrected chi connectivity index (χ1v) is 4.88. The summed E-state index contributed by atoms with van der Waals surface area (Å²) >= 11 is 0. The molecule has 2 aromatic rings. The molecule has 2 heterocycles. The van der Waals surface area contributed by atoms with E-state index in [2.05, 4.69) is 20.6 Å². The van der Waals surface area contributed by atoms with Gasteiger partial charge >= 0.3 is 12.1 Å². The third-order valence-electron chi connectivity index (χ3n) is 2.44. The zero-order valence-electron chi connectivity index (χ0n) is 9.38. The molecule has 0 fully saturated rings. The van der Waals surface area contributed by atoms with Gasteiger partial charge in [-0.15, -0.1) is 14.8 Å². The minimum absolute atomic E-state index is 0.217. The number of carboxylic acid groups (broad SMARTS) is 1. The molecular weight excluding hydrogens is 269 g/mol. The first kappa shape index (κ1) is 13.0. The molecule has 0 aliphatic carbocycles. The van der Waals surface area contributed by atoms with E-state index in [1.165, 1.54) is 6.07 Å². The molecule has 0 aliphatic heterocycles. The highest BCUT2D eigenvalue weighted by Gasteiger charge is 2.57. The maximum absolute atomic E-state index is 12.8. The van der Waals surface area contributed by atoms with E-state index in [1.807, 2.05) is 5.32 Å². The maximum atomic E-state index is 12.8. The van der Waals surface area contributed by atoms with Crippen molar-refractivity contribution in [3.63, 3.8) is 0 Å². The molecule has 1 atom stereocenters. The minimum Gasteiger partial charge on any atom is -0.479 e. The van der Waals surface area contributed by atoms with Crippen LogP contribution in [-0.4, -0.2) is 48.0 Å². The van der Waals surface area contributed by atoms with Crippen molar-refractivity contribution in [2.24, 2.45) is 0 Å². The minimum atomic E-state index is -5.00. The second-order valence-electron chi connectivity index (χ2n) is 3.80. The number of aromatic nitrogens is 5. The number of carboxylic acids is 1. The quantitative estimate of drug-likeness (QED) is 0.832. The normalized spacial score (nSPS) is 15.2. The summed E-state index contributed by atoms with van der Waals surface area (Å²) in [6.07, 6.45) is -5.00. The van der Waals surface area contributed by atoms with Crippen molar-refractivity contribution >= 4 is 17.4 Å². The van der Waals surface area contributed by atoms with Crippen molar-refractivity contribution in [3.05, 3.63) is 12.1 Å². The largest absolute Gasteiger partial charge is 0.479 e. The third kappa shape index (κ3) is 2.13. The Bertz CT molecular complexity index is 626. The summed E-state index contributed by atoms with van der Waals surface area (Å²) in [4.78, 5) is 10.8. The number of halogens is 3. The molecule has 0 bridgehead atoms. The van der Waals surface area contributed by atoms with Crippen molar-refractivity contribution in [2.75, 3.05) is 5.32 Å². The van der Waals surface area contributed by atoms with E-state index in [1.54, 1.807) is 0 Å². The van der Waals surface area contributed by atoms with Crippen molar-refractivity contribution in [3.8, 4) is 0 Å². The fourth-order valence-corrected chi connectivity index (χ4v) is 1.22. The molecule has 102 valence electrons. The van der Waals surface area contributed by atoms with Gasteiger partial charge in [-0.05, 0) is 29.5 Å². The van der Waals surface area contributed by atoms with E-state index >= 15 is 0 Å². The third-order valence-corrected chi connectivity index (χ3v) is 2.44. The molecule has 0 aromatic carbocycles. The summed E-state index contributed by atoms with van der Waals surface area (Å²) in [7, 11) is 0. The molecule has 0 saturated carbocycles. The Kier molecular flexibility index (Phi) is 2.76.